The minimum atomic E-state index is -0.542. The van der Waals surface area contributed by atoms with Crippen LogP contribution < -0.4 is 14.8 Å². The number of carbonyl (C=O) groups excluding carboxylic acids is 1. The van der Waals surface area contributed by atoms with Crippen LogP contribution in [0.1, 0.15) is 43.1 Å². The third-order valence-electron chi connectivity index (χ3n) is 8.38. The second-order valence-corrected chi connectivity index (χ2v) is 12.6. The van der Waals surface area contributed by atoms with E-state index in [0.717, 1.165) is 44.5 Å². The number of likely N-dealkylation sites (tertiary alicyclic amines) is 1. The molecule has 48 heavy (non-hydrogen) atoms. The lowest BCUT2D eigenvalue weighted by Crippen LogP contribution is -2.22. The summed E-state index contributed by atoms with van der Waals surface area (Å²) in [6, 6.07) is 8.17. The molecule has 14 heteroatoms. The van der Waals surface area contributed by atoms with Gasteiger partial charge in [0.25, 0.3) is 11.1 Å². The maximum atomic E-state index is 15.3. The van der Waals surface area contributed by atoms with Crippen LogP contribution in [0.3, 0.4) is 0 Å². The summed E-state index contributed by atoms with van der Waals surface area (Å²) >= 11 is 1.25. The first-order valence-electron chi connectivity index (χ1n) is 15.8. The predicted molar refractivity (Wildman–Crippen MR) is 178 cm³/mol. The molecule has 0 radical (unpaired) electrons. The lowest BCUT2D eigenvalue weighted by Gasteiger charge is -2.14. The van der Waals surface area contributed by atoms with Gasteiger partial charge in [-0.3, -0.25) is 9.69 Å². The van der Waals surface area contributed by atoms with E-state index in [2.05, 4.69) is 35.4 Å². The summed E-state index contributed by atoms with van der Waals surface area (Å²) in [5.74, 6) is 2.11. The van der Waals surface area contributed by atoms with E-state index >= 15 is 4.39 Å². The van der Waals surface area contributed by atoms with Gasteiger partial charge in [-0.1, -0.05) is 17.4 Å². The van der Waals surface area contributed by atoms with E-state index in [1.165, 1.54) is 23.7 Å². The van der Waals surface area contributed by atoms with Crippen molar-refractivity contribution in [2.75, 3.05) is 39.2 Å². The maximum Gasteiger partial charge on any atom is 0.279 e. The fourth-order valence-electron chi connectivity index (χ4n) is 5.57. The highest BCUT2D eigenvalue weighted by Gasteiger charge is 2.30. The first-order chi connectivity index (χ1) is 23.4. The molecule has 1 aliphatic carbocycles. The Morgan fingerprint density at radius 1 is 1.17 bits per heavy atom. The lowest BCUT2D eigenvalue weighted by atomic mass is 10.0. The Morgan fingerprint density at radius 2 is 2.06 bits per heavy atom. The van der Waals surface area contributed by atoms with E-state index in [-0.39, 0.29) is 23.3 Å². The number of rotatable bonds is 14. The Labute approximate surface area is 280 Å². The second kappa shape index (κ2) is 14.1. The van der Waals surface area contributed by atoms with Gasteiger partial charge in [-0.2, -0.15) is 4.98 Å². The number of fused-ring (bicyclic) bond motifs is 1. The summed E-state index contributed by atoms with van der Waals surface area (Å²) in [4.78, 5) is 28.1. The number of hydrogen-bond acceptors (Lipinski definition) is 13. The normalized spacial score (nSPS) is 16.6. The average Bonchev–Trinajstić information content (AvgIpc) is 3.43. The van der Waals surface area contributed by atoms with Crippen LogP contribution in [0, 0.1) is 5.82 Å². The average molecular weight is 672 g/mol. The van der Waals surface area contributed by atoms with Crippen LogP contribution in [0.4, 0.5) is 15.9 Å². The number of thiazole rings is 1. The number of allylic oxidation sites excluding steroid dienone is 1. The Bertz CT molecular complexity index is 1960. The molecule has 0 bridgehead atoms. The van der Waals surface area contributed by atoms with Crippen molar-refractivity contribution in [2.45, 2.75) is 44.1 Å². The van der Waals surface area contributed by atoms with Gasteiger partial charge in [0, 0.05) is 62.0 Å². The van der Waals surface area contributed by atoms with Crippen LogP contribution in [-0.2, 0) is 16.0 Å². The Kier molecular flexibility index (Phi) is 9.36. The molecule has 2 aliphatic rings. The third-order valence-corrected chi connectivity index (χ3v) is 9.09. The minimum Gasteiger partial charge on any atom is -0.496 e. The quantitative estimate of drug-likeness (QED) is 0.129. The van der Waals surface area contributed by atoms with E-state index in [1.807, 2.05) is 12.1 Å². The van der Waals surface area contributed by atoms with E-state index < -0.39 is 5.82 Å². The van der Waals surface area contributed by atoms with Gasteiger partial charge in [-0.15, -0.1) is 10.2 Å². The fraction of sp³-hybridized carbons (Fsp3) is 0.353. The highest BCUT2D eigenvalue weighted by atomic mass is 32.1. The summed E-state index contributed by atoms with van der Waals surface area (Å²) in [6.07, 6.45) is 9.11. The molecule has 0 unspecified atom stereocenters. The van der Waals surface area contributed by atoms with Crippen molar-refractivity contribution in [3.8, 4) is 28.3 Å². The SMILES string of the molecule is COc1cc2ncnc(Nc3ccc(Oc4nc(-c5nnc(C6CC6)o5)cs4)cc3F)c2cc1CCC(=O)/C=C/CN1CC[C@@H](OC)C1. The molecule has 0 spiro atoms. The van der Waals surface area contributed by atoms with Gasteiger partial charge in [-0.05, 0) is 55.5 Å². The van der Waals surface area contributed by atoms with Crippen LogP contribution in [0.25, 0.3) is 22.5 Å². The van der Waals surface area contributed by atoms with E-state index in [9.17, 15) is 4.79 Å². The first kappa shape index (κ1) is 31.8. The number of halogens is 1. The van der Waals surface area contributed by atoms with Gasteiger partial charge in [0.15, 0.2) is 5.78 Å². The molecule has 2 fully saturated rings. The highest BCUT2D eigenvalue weighted by molar-refractivity contribution is 7.11. The minimum absolute atomic E-state index is 0.0259. The molecule has 5 aromatic rings. The highest BCUT2D eigenvalue weighted by Crippen LogP contribution is 2.40. The van der Waals surface area contributed by atoms with Gasteiger partial charge in [0.1, 0.15) is 35.2 Å². The molecule has 0 amide bonds. The number of nitrogens with zero attached hydrogens (tertiary/aromatic N) is 6. The smallest absolute Gasteiger partial charge is 0.279 e. The van der Waals surface area contributed by atoms with Crippen molar-refractivity contribution in [2.24, 2.45) is 0 Å². The molecule has 1 saturated carbocycles. The number of methoxy groups -OCH3 is 2. The topological polar surface area (TPSA) is 138 Å². The van der Waals surface area contributed by atoms with E-state index in [1.54, 1.807) is 43.9 Å². The van der Waals surface area contributed by atoms with Crippen LogP contribution >= 0.6 is 11.3 Å². The summed E-state index contributed by atoms with van der Waals surface area (Å²) in [7, 11) is 3.31. The zero-order valence-electron chi connectivity index (χ0n) is 26.5. The molecule has 1 N–H and O–H groups in total. The standard InChI is InChI=1S/C34H34FN7O5S/c1-44-24-11-13-42(17-24)12-3-4-22(43)8-7-21-14-25-28(16-30(21)45-2)36-19-37-31(25)38-27-10-9-23(15-26(27)35)46-34-39-29(18-48-34)33-41-40-32(47-33)20-5-6-20/h3-4,9-10,14-16,18-20,24H,5-8,11-13,17H2,1-2H3,(H,36,37,38)/b4-3+/t24-/m1/s1. The number of benzene rings is 2. The summed E-state index contributed by atoms with van der Waals surface area (Å²) in [5, 5.41) is 14.0. The second-order valence-electron chi connectivity index (χ2n) is 11.8. The number of ether oxygens (including phenoxy) is 3. The molecule has 1 aliphatic heterocycles. The molecular weight excluding hydrogens is 637 g/mol. The van der Waals surface area contributed by atoms with Crippen LogP contribution in [0.2, 0.25) is 0 Å². The fourth-order valence-corrected chi connectivity index (χ4v) is 6.23. The number of aromatic nitrogens is 5. The van der Waals surface area contributed by atoms with Crippen molar-refractivity contribution in [3.63, 3.8) is 0 Å². The van der Waals surface area contributed by atoms with Gasteiger partial charge in [0.05, 0.1) is 24.4 Å². The molecule has 12 nitrogen and oxygen atoms in total. The third kappa shape index (κ3) is 7.35. The van der Waals surface area contributed by atoms with Crippen molar-refractivity contribution in [3.05, 3.63) is 71.5 Å². The van der Waals surface area contributed by atoms with Crippen LogP contribution in [0.15, 0.2) is 58.6 Å². The molecule has 2 aromatic carbocycles. The number of ketones is 1. The molecule has 248 valence electrons. The van der Waals surface area contributed by atoms with Crippen molar-refractivity contribution in [1.82, 2.24) is 30.0 Å². The van der Waals surface area contributed by atoms with Gasteiger partial charge < -0.3 is 23.9 Å². The predicted octanol–water partition coefficient (Wildman–Crippen LogP) is 6.48. The molecule has 3 aromatic heterocycles. The summed E-state index contributed by atoms with van der Waals surface area (Å²) in [6.45, 7) is 2.56. The summed E-state index contributed by atoms with van der Waals surface area (Å²) < 4.78 is 37.9. The van der Waals surface area contributed by atoms with Gasteiger partial charge in [0.2, 0.25) is 5.89 Å². The Balaban J connectivity index is 1.01. The van der Waals surface area contributed by atoms with E-state index in [4.69, 9.17) is 18.6 Å². The number of aryl methyl sites for hydroxylation is 1. The van der Waals surface area contributed by atoms with Gasteiger partial charge >= 0.3 is 0 Å². The lowest BCUT2D eigenvalue weighted by molar-refractivity contribution is -0.114. The van der Waals surface area contributed by atoms with Crippen molar-refractivity contribution < 1.29 is 27.8 Å². The molecule has 1 saturated heterocycles. The summed E-state index contributed by atoms with van der Waals surface area (Å²) in [5.41, 5.74) is 2.15. The zero-order valence-corrected chi connectivity index (χ0v) is 27.3. The van der Waals surface area contributed by atoms with Crippen LogP contribution in [-0.4, -0.2) is 75.8 Å². The maximum absolute atomic E-state index is 15.3. The van der Waals surface area contributed by atoms with Crippen molar-refractivity contribution in [1.29, 1.82) is 0 Å². The number of nitrogens with one attached hydrogen (secondary N) is 1. The van der Waals surface area contributed by atoms with Gasteiger partial charge in [-0.25, -0.2) is 14.4 Å². The molecule has 4 heterocycles. The number of anilines is 2. The zero-order chi connectivity index (χ0) is 33.0. The monoisotopic (exact) mass is 671 g/mol. The number of hydrogen-bond donors (Lipinski definition) is 1. The first-order valence-corrected chi connectivity index (χ1v) is 16.6. The molecular formula is C34H34FN7O5S. The molecule has 1 atom stereocenters. The van der Waals surface area contributed by atoms with Crippen molar-refractivity contribution >= 4 is 39.5 Å². The Morgan fingerprint density at radius 3 is 2.85 bits per heavy atom. The Hall–Kier alpha value is -4.79. The number of carbonyl (C=O) groups is 1. The van der Waals surface area contributed by atoms with E-state index in [0.29, 0.717) is 63.9 Å². The largest absolute Gasteiger partial charge is 0.496 e. The molecule has 7 rings (SSSR count). The van der Waals surface area contributed by atoms with Crippen LogP contribution in [0.5, 0.6) is 16.7 Å².